The number of hydrogen-bond donors (Lipinski definition) is 2. The van der Waals surface area contributed by atoms with Crippen LogP contribution >= 0.6 is 0 Å². The van der Waals surface area contributed by atoms with Gasteiger partial charge in [-0.25, -0.2) is 4.39 Å². The maximum Gasteiger partial charge on any atom is 0.126 e. The SMILES string of the molecule is OCC(CCOc1cccc(F)c1)NC1CC1. The third kappa shape index (κ3) is 4.32. The molecule has 17 heavy (non-hydrogen) atoms. The molecule has 1 aromatic carbocycles. The fraction of sp³-hybridized carbons (Fsp3) is 0.538. The fourth-order valence-electron chi connectivity index (χ4n) is 1.69. The minimum absolute atomic E-state index is 0.0797. The van der Waals surface area contributed by atoms with Crippen LogP contribution in [0.3, 0.4) is 0 Å². The molecule has 0 spiro atoms. The molecular weight excluding hydrogens is 221 g/mol. The van der Waals surface area contributed by atoms with Crippen molar-refractivity contribution < 1.29 is 14.2 Å². The number of hydrogen-bond acceptors (Lipinski definition) is 3. The third-order valence-electron chi connectivity index (χ3n) is 2.80. The van der Waals surface area contributed by atoms with Gasteiger partial charge in [0.1, 0.15) is 11.6 Å². The van der Waals surface area contributed by atoms with Gasteiger partial charge in [-0.15, -0.1) is 0 Å². The molecule has 1 aliphatic carbocycles. The molecule has 3 nitrogen and oxygen atoms in total. The van der Waals surface area contributed by atoms with Gasteiger partial charge in [0.05, 0.1) is 13.2 Å². The van der Waals surface area contributed by atoms with E-state index in [1.807, 2.05) is 0 Å². The van der Waals surface area contributed by atoms with Crippen molar-refractivity contribution in [3.8, 4) is 5.75 Å². The summed E-state index contributed by atoms with van der Waals surface area (Å²) in [6.45, 7) is 0.595. The molecule has 2 rings (SSSR count). The molecular formula is C13H18FNO2. The molecule has 1 saturated carbocycles. The van der Waals surface area contributed by atoms with Crippen molar-refractivity contribution >= 4 is 0 Å². The van der Waals surface area contributed by atoms with Crippen LogP contribution in [0.5, 0.6) is 5.75 Å². The van der Waals surface area contributed by atoms with E-state index in [0.29, 0.717) is 18.4 Å². The van der Waals surface area contributed by atoms with Crippen molar-refractivity contribution in [1.29, 1.82) is 0 Å². The molecule has 2 N–H and O–H groups in total. The van der Waals surface area contributed by atoms with Crippen molar-refractivity contribution in [2.45, 2.75) is 31.3 Å². The van der Waals surface area contributed by atoms with Crippen LogP contribution in [0.1, 0.15) is 19.3 Å². The number of halogens is 1. The van der Waals surface area contributed by atoms with E-state index < -0.39 is 0 Å². The van der Waals surface area contributed by atoms with E-state index in [0.717, 1.165) is 6.42 Å². The third-order valence-corrected chi connectivity index (χ3v) is 2.80. The zero-order valence-electron chi connectivity index (χ0n) is 9.73. The van der Waals surface area contributed by atoms with Crippen molar-refractivity contribution in [1.82, 2.24) is 5.32 Å². The number of benzene rings is 1. The first-order chi connectivity index (χ1) is 8.28. The lowest BCUT2D eigenvalue weighted by Crippen LogP contribution is -2.35. The Bertz CT molecular complexity index is 355. The molecule has 1 unspecified atom stereocenters. The second kappa shape index (κ2) is 5.98. The van der Waals surface area contributed by atoms with Crippen LogP contribution in [0, 0.1) is 5.82 Å². The predicted octanol–water partition coefficient (Wildman–Crippen LogP) is 1.71. The van der Waals surface area contributed by atoms with E-state index in [1.165, 1.54) is 25.0 Å². The van der Waals surface area contributed by atoms with E-state index in [1.54, 1.807) is 12.1 Å². The van der Waals surface area contributed by atoms with E-state index in [-0.39, 0.29) is 18.5 Å². The van der Waals surface area contributed by atoms with Crippen LogP contribution in [0.2, 0.25) is 0 Å². The lowest BCUT2D eigenvalue weighted by molar-refractivity contribution is 0.207. The molecule has 0 amide bonds. The molecule has 1 fully saturated rings. The summed E-state index contributed by atoms with van der Waals surface area (Å²) in [5, 5.41) is 12.5. The Morgan fingerprint density at radius 1 is 1.47 bits per heavy atom. The topological polar surface area (TPSA) is 41.5 Å². The molecule has 1 aliphatic rings. The molecule has 0 aromatic heterocycles. The molecule has 94 valence electrons. The minimum atomic E-state index is -0.294. The summed E-state index contributed by atoms with van der Waals surface area (Å²) in [4.78, 5) is 0. The fourth-order valence-corrected chi connectivity index (χ4v) is 1.69. The van der Waals surface area contributed by atoms with E-state index in [4.69, 9.17) is 9.84 Å². The highest BCUT2D eigenvalue weighted by Gasteiger charge is 2.23. The van der Waals surface area contributed by atoms with Gasteiger partial charge in [-0.2, -0.15) is 0 Å². The largest absolute Gasteiger partial charge is 0.493 e. The van der Waals surface area contributed by atoms with Gasteiger partial charge in [-0.05, 0) is 31.4 Å². The number of rotatable bonds is 7. The van der Waals surface area contributed by atoms with Crippen LogP contribution in [-0.4, -0.2) is 30.4 Å². The zero-order chi connectivity index (χ0) is 12.1. The highest BCUT2D eigenvalue weighted by atomic mass is 19.1. The van der Waals surface area contributed by atoms with Crippen molar-refractivity contribution in [2.75, 3.05) is 13.2 Å². The van der Waals surface area contributed by atoms with E-state index >= 15 is 0 Å². The van der Waals surface area contributed by atoms with Gasteiger partial charge >= 0.3 is 0 Å². The molecule has 0 aliphatic heterocycles. The summed E-state index contributed by atoms with van der Waals surface area (Å²) in [7, 11) is 0. The first kappa shape index (κ1) is 12.3. The number of aliphatic hydroxyl groups excluding tert-OH is 1. The minimum Gasteiger partial charge on any atom is -0.493 e. The summed E-state index contributed by atoms with van der Waals surface area (Å²) in [5.74, 6) is 0.241. The number of nitrogens with one attached hydrogen (secondary N) is 1. The lowest BCUT2D eigenvalue weighted by Gasteiger charge is -2.16. The molecule has 4 heteroatoms. The quantitative estimate of drug-likeness (QED) is 0.761. The van der Waals surface area contributed by atoms with Crippen molar-refractivity contribution in [3.63, 3.8) is 0 Å². The van der Waals surface area contributed by atoms with Gasteiger partial charge in [0.15, 0.2) is 0 Å². The molecule has 1 aromatic rings. The second-order valence-corrected chi connectivity index (χ2v) is 4.41. The van der Waals surface area contributed by atoms with Crippen LogP contribution in [0.25, 0.3) is 0 Å². The lowest BCUT2D eigenvalue weighted by atomic mass is 10.2. The van der Waals surface area contributed by atoms with Gasteiger partial charge in [0, 0.05) is 18.2 Å². The van der Waals surface area contributed by atoms with Crippen molar-refractivity contribution in [2.24, 2.45) is 0 Å². The standard InChI is InChI=1S/C13H18FNO2/c14-10-2-1-3-13(8-10)17-7-6-12(9-16)15-11-4-5-11/h1-3,8,11-12,15-16H,4-7,9H2. The Morgan fingerprint density at radius 3 is 2.94 bits per heavy atom. The molecule has 0 saturated heterocycles. The van der Waals surface area contributed by atoms with Crippen LogP contribution in [0.4, 0.5) is 4.39 Å². The molecule has 0 heterocycles. The first-order valence-electron chi connectivity index (χ1n) is 6.03. The Kier molecular flexibility index (Phi) is 4.34. The summed E-state index contributed by atoms with van der Waals surface area (Å²) in [6, 6.07) is 6.75. The molecule has 0 bridgehead atoms. The Hall–Kier alpha value is -1.13. The van der Waals surface area contributed by atoms with Gasteiger partial charge < -0.3 is 15.2 Å². The predicted molar refractivity (Wildman–Crippen MR) is 63.5 cm³/mol. The van der Waals surface area contributed by atoms with Gasteiger partial charge in [-0.1, -0.05) is 6.07 Å². The van der Waals surface area contributed by atoms with E-state index in [9.17, 15) is 4.39 Å². The maximum atomic E-state index is 12.9. The van der Waals surface area contributed by atoms with Gasteiger partial charge in [-0.3, -0.25) is 0 Å². The van der Waals surface area contributed by atoms with Crippen LogP contribution < -0.4 is 10.1 Å². The summed E-state index contributed by atoms with van der Waals surface area (Å²) < 4.78 is 18.3. The first-order valence-corrected chi connectivity index (χ1v) is 6.03. The van der Waals surface area contributed by atoms with Crippen LogP contribution in [0.15, 0.2) is 24.3 Å². The Morgan fingerprint density at radius 2 is 2.29 bits per heavy atom. The highest BCUT2D eigenvalue weighted by molar-refractivity contribution is 5.22. The highest BCUT2D eigenvalue weighted by Crippen LogP contribution is 2.20. The zero-order valence-corrected chi connectivity index (χ0v) is 9.73. The van der Waals surface area contributed by atoms with E-state index in [2.05, 4.69) is 5.32 Å². The average Bonchev–Trinajstić information content (AvgIpc) is 3.12. The Balaban J connectivity index is 1.70. The normalized spacial score (nSPS) is 16.8. The number of ether oxygens (including phenoxy) is 1. The second-order valence-electron chi connectivity index (χ2n) is 4.41. The van der Waals surface area contributed by atoms with Gasteiger partial charge in [0.2, 0.25) is 0 Å². The van der Waals surface area contributed by atoms with Crippen molar-refractivity contribution in [3.05, 3.63) is 30.1 Å². The maximum absolute atomic E-state index is 12.9. The monoisotopic (exact) mass is 239 g/mol. The molecule has 0 radical (unpaired) electrons. The summed E-state index contributed by atoms with van der Waals surface area (Å²) >= 11 is 0. The summed E-state index contributed by atoms with van der Waals surface area (Å²) in [6.07, 6.45) is 3.12. The summed E-state index contributed by atoms with van der Waals surface area (Å²) in [5.41, 5.74) is 0. The smallest absolute Gasteiger partial charge is 0.126 e. The number of aliphatic hydroxyl groups is 1. The molecule has 1 atom stereocenters. The average molecular weight is 239 g/mol. The van der Waals surface area contributed by atoms with Gasteiger partial charge in [0.25, 0.3) is 0 Å². The Labute approximate surface area is 101 Å². The van der Waals surface area contributed by atoms with Crippen LogP contribution in [-0.2, 0) is 0 Å².